The van der Waals surface area contributed by atoms with Crippen molar-refractivity contribution < 1.29 is 4.79 Å². The topological polar surface area (TPSA) is 41.1 Å². The minimum Gasteiger partial charge on any atom is -0.324 e. The molecular weight excluding hydrogens is 316 g/mol. The van der Waals surface area contributed by atoms with E-state index < -0.39 is 0 Å². The molecule has 0 spiro atoms. The lowest BCUT2D eigenvalue weighted by molar-refractivity contribution is -0.117. The number of aryl methyl sites for hydroxylation is 1. The van der Waals surface area contributed by atoms with E-state index in [-0.39, 0.29) is 11.9 Å². The lowest BCUT2D eigenvalue weighted by atomic mass is 9.85. The van der Waals surface area contributed by atoms with Gasteiger partial charge in [0.25, 0.3) is 0 Å². The standard InChI is InChI=1S/C16H21BrN2O/c1-10-5-4-8-13(15(10)17)19-16(20)14-9-11-6-2-3-7-12(11)18-14/h4-5,8,11-12,14,18H,2-3,6-7,9H2,1H3,(H,19,20). The van der Waals surface area contributed by atoms with Gasteiger partial charge in [0.1, 0.15) is 0 Å². The zero-order valence-corrected chi connectivity index (χ0v) is 13.4. The summed E-state index contributed by atoms with van der Waals surface area (Å²) in [6.45, 7) is 2.03. The first-order valence-electron chi connectivity index (χ1n) is 7.47. The van der Waals surface area contributed by atoms with E-state index in [1.54, 1.807) is 0 Å². The molecule has 20 heavy (non-hydrogen) atoms. The summed E-state index contributed by atoms with van der Waals surface area (Å²) in [5, 5.41) is 6.57. The first-order valence-corrected chi connectivity index (χ1v) is 8.26. The molecule has 1 amide bonds. The van der Waals surface area contributed by atoms with Crippen molar-refractivity contribution in [1.29, 1.82) is 0 Å². The van der Waals surface area contributed by atoms with Crippen LogP contribution in [0.2, 0.25) is 0 Å². The summed E-state index contributed by atoms with van der Waals surface area (Å²) < 4.78 is 0.976. The zero-order valence-electron chi connectivity index (χ0n) is 11.8. The van der Waals surface area contributed by atoms with Gasteiger partial charge in [0.05, 0.1) is 11.7 Å². The molecule has 0 aromatic heterocycles. The number of anilines is 1. The molecule has 2 N–H and O–H groups in total. The quantitative estimate of drug-likeness (QED) is 0.865. The molecule has 1 aliphatic carbocycles. The number of carbonyl (C=O) groups excluding carboxylic acids is 1. The third-order valence-electron chi connectivity index (χ3n) is 4.63. The Hall–Kier alpha value is -0.870. The summed E-state index contributed by atoms with van der Waals surface area (Å²) in [7, 11) is 0. The SMILES string of the molecule is Cc1cccc(NC(=O)C2CC3CCCCC3N2)c1Br. The predicted molar refractivity (Wildman–Crippen MR) is 84.8 cm³/mol. The minimum absolute atomic E-state index is 0.0319. The van der Waals surface area contributed by atoms with Gasteiger partial charge >= 0.3 is 0 Å². The third kappa shape index (κ3) is 2.77. The third-order valence-corrected chi connectivity index (χ3v) is 5.68. The summed E-state index contributed by atoms with van der Waals surface area (Å²) >= 11 is 3.54. The van der Waals surface area contributed by atoms with Crippen LogP contribution in [0.4, 0.5) is 5.69 Å². The van der Waals surface area contributed by atoms with Gasteiger partial charge in [-0.2, -0.15) is 0 Å². The molecule has 0 radical (unpaired) electrons. The molecule has 4 heteroatoms. The van der Waals surface area contributed by atoms with E-state index in [2.05, 4.69) is 26.6 Å². The average Bonchev–Trinajstić information content (AvgIpc) is 2.88. The molecule has 1 aliphatic heterocycles. The maximum atomic E-state index is 12.4. The normalized spacial score (nSPS) is 29.0. The van der Waals surface area contributed by atoms with Crippen LogP contribution in [0.5, 0.6) is 0 Å². The Kier molecular flexibility index (Phi) is 4.13. The van der Waals surface area contributed by atoms with Crippen molar-refractivity contribution in [3.63, 3.8) is 0 Å². The van der Waals surface area contributed by atoms with Crippen LogP contribution in [0.1, 0.15) is 37.7 Å². The van der Waals surface area contributed by atoms with Gasteiger partial charge in [-0.05, 0) is 59.7 Å². The lowest BCUT2D eigenvalue weighted by Crippen LogP contribution is -2.39. The molecule has 3 rings (SSSR count). The van der Waals surface area contributed by atoms with E-state index in [1.165, 1.54) is 25.7 Å². The van der Waals surface area contributed by atoms with Crippen LogP contribution >= 0.6 is 15.9 Å². The summed E-state index contributed by atoms with van der Waals surface area (Å²) in [5.41, 5.74) is 2.00. The van der Waals surface area contributed by atoms with Crippen molar-refractivity contribution >= 4 is 27.5 Å². The van der Waals surface area contributed by atoms with Crippen LogP contribution in [-0.4, -0.2) is 18.0 Å². The van der Waals surface area contributed by atoms with Crippen LogP contribution in [0.15, 0.2) is 22.7 Å². The van der Waals surface area contributed by atoms with E-state index in [0.29, 0.717) is 12.0 Å². The second-order valence-corrected chi connectivity index (χ2v) is 6.82. The second-order valence-electron chi connectivity index (χ2n) is 6.03. The number of benzene rings is 1. The fourth-order valence-corrected chi connectivity index (χ4v) is 3.85. The highest BCUT2D eigenvalue weighted by atomic mass is 79.9. The van der Waals surface area contributed by atoms with Gasteiger partial charge in [0.15, 0.2) is 0 Å². The van der Waals surface area contributed by atoms with Crippen molar-refractivity contribution in [1.82, 2.24) is 5.32 Å². The molecule has 3 atom stereocenters. The predicted octanol–water partition coefficient (Wildman–Crippen LogP) is 3.62. The number of halogens is 1. The molecule has 1 heterocycles. The van der Waals surface area contributed by atoms with Crippen molar-refractivity contribution in [3.8, 4) is 0 Å². The van der Waals surface area contributed by atoms with Crippen LogP contribution < -0.4 is 10.6 Å². The van der Waals surface area contributed by atoms with Crippen LogP contribution in [0.25, 0.3) is 0 Å². The Morgan fingerprint density at radius 1 is 1.35 bits per heavy atom. The van der Waals surface area contributed by atoms with E-state index >= 15 is 0 Å². The van der Waals surface area contributed by atoms with Crippen molar-refractivity contribution in [2.75, 3.05) is 5.32 Å². The van der Waals surface area contributed by atoms with Gasteiger partial charge in [-0.3, -0.25) is 4.79 Å². The number of hydrogen-bond donors (Lipinski definition) is 2. The van der Waals surface area contributed by atoms with Crippen molar-refractivity contribution in [3.05, 3.63) is 28.2 Å². The Bertz CT molecular complexity index is 503. The largest absolute Gasteiger partial charge is 0.324 e. The summed E-state index contributed by atoms with van der Waals surface area (Å²) in [5.74, 6) is 0.797. The Morgan fingerprint density at radius 2 is 2.15 bits per heavy atom. The average molecular weight is 337 g/mol. The van der Waals surface area contributed by atoms with E-state index in [9.17, 15) is 4.79 Å². The molecular formula is C16H21BrN2O. The molecule has 1 saturated carbocycles. The number of nitrogens with one attached hydrogen (secondary N) is 2. The smallest absolute Gasteiger partial charge is 0.241 e. The molecule has 2 aliphatic rings. The summed E-state index contributed by atoms with van der Waals surface area (Å²) in [6.07, 6.45) is 6.10. The van der Waals surface area contributed by atoms with E-state index in [0.717, 1.165) is 22.1 Å². The van der Waals surface area contributed by atoms with Crippen LogP contribution in [0.3, 0.4) is 0 Å². The highest BCUT2D eigenvalue weighted by Crippen LogP contribution is 2.34. The van der Waals surface area contributed by atoms with Gasteiger partial charge in [-0.25, -0.2) is 0 Å². The van der Waals surface area contributed by atoms with E-state index in [4.69, 9.17) is 0 Å². The number of amides is 1. The molecule has 1 saturated heterocycles. The summed E-state index contributed by atoms with van der Waals surface area (Å²) in [6, 6.07) is 6.47. The fraction of sp³-hybridized carbons (Fsp3) is 0.562. The first kappa shape index (κ1) is 14.1. The highest BCUT2D eigenvalue weighted by Gasteiger charge is 2.38. The molecule has 108 valence electrons. The molecule has 1 aromatic rings. The van der Waals surface area contributed by atoms with Gasteiger partial charge < -0.3 is 10.6 Å². The molecule has 0 bridgehead atoms. The molecule has 3 nitrogen and oxygen atoms in total. The Morgan fingerprint density at radius 3 is 2.95 bits per heavy atom. The fourth-order valence-electron chi connectivity index (χ4n) is 3.48. The lowest BCUT2D eigenvalue weighted by Gasteiger charge is -2.24. The van der Waals surface area contributed by atoms with Crippen molar-refractivity contribution in [2.45, 2.75) is 51.1 Å². The monoisotopic (exact) mass is 336 g/mol. The zero-order chi connectivity index (χ0) is 14.1. The van der Waals surface area contributed by atoms with Crippen LogP contribution in [-0.2, 0) is 4.79 Å². The number of hydrogen-bond acceptors (Lipinski definition) is 2. The summed E-state index contributed by atoms with van der Waals surface area (Å²) in [4.78, 5) is 12.4. The second kappa shape index (κ2) is 5.86. The minimum atomic E-state index is -0.0319. The van der Waals surface area contributed by atoms with Crippen LogP contribution in [0, 0.1) is 12.8 Å². The highest BCUT2D eigenvalue weighted by molar-refractivity contribution is 9.10. The number of fused-ring (bicyclic) bond motifs is 1. The number of rotatable bonds is 2. The maximum absolute atomic E-state index is 12.4. The van der Waals surface area contributed by atoms with Gasteiger partial charge in [-0.1, -0.05) is 25.0 Å². The van der Waals surface area contributed by atoms with E-state index in [1.807, 2.05) is 25.1 Å². The number of carbonyl (C=O) groups is 1. The van der Waals surface area contributed by atoms with Crippen molar-refractivity contribution in [2.24, 2.45) is 5.92 Å². The Balaban J connectivity index is 1.66. The van der Waals surface area contributed by atoms with Gasteiger partial charge in [0.2, 0.25) is 5.91 Å². The van der Waals surface area contributed by atoms with Gasteiger partial charge in [0, 0.05) is 10.5 Å². The molecule has 1 aromatic carbocycles. The molecule has 2 fully saturated rings. The van der Waals surface area contributed by atoms with Gasteiger partial charge in [-0.15, -0.1) is 0 Å². The molecule has 3 unspecified atom stereocenters. The maximum Gasteiger partial charge on any atom is 0.241 e. The first-order chi connectivity index (χ1) is 9.65. The Labute approximate surface area is 128 Å².